The summed E-state index contributed by atoms with van der Waals surface area (Å²) in [7, 11) is -3.77. The van der Waals surface area contributed by atoms with Crippen LogP contribution in [0.2, 0.25) is 0 Å². The molecule has 2 fully saturated rings. The summed E-state index contributed by atoms with van der Waals surface area (Å²) >= 11 is 0. The summed E-state index contributed by atoms with van der Waals surface area (Å²) < 4.78 is 47.0. The first kappa shape index (κ1) is 22.0. The molecular formula is C22H28FN3O4S. The summed E-state index contributed by atoms with van der Waals surface area (Å²) in [5.74, 6) is -0.476. The maximum absolute atomic E-state index is 13.2. The van der Waals surface area contributed by atoms with Crippen molar-refractivity contribution in [3.63, 3.8) is 0 Å². The third-order valence-electron chi connectivity index (χ3n) is 5.83. The van der Waals surface area contributed by atoms with Gasteiger partial charge >= 0.3 is 0 Å². The van der Waals surface area contributed by atoms with Gasteiger partial charge in [-0.3, -0.25) is 4.79 Å². The number of aromatic nitrogens is 2. The Labute approximate surface area is 182 Å². The highest BCUT2D eigenvalue weighted by molar-refractivity contribution is 7.90. The van der Waals surface area contributed by atoms with E-state index in [1.807, 2.05) is 6.92 Å². The predicted molar refractivity (Wildman–Crippen MR) is 112 cm³/mol. The highest BCUT2D eigenvalue weighted by Gasteiger charge is 2.34. The lowest BCUT2D eigenvalue weighted by Gasteiger charge is -2.23. The molecule has 1 atom stereocenters. The van der Waals surface area contributed by atoms with Crippen LogP contribution in [0.3, 0.4) is 0 Å². The van der Waals surface area contributed by atoms with Crippen molar-refractivity contribution < 1.29 is 22.3 Å². The summed E-state index contributed by atoms with van der Waals surface area (Å²) in [5.41, 5.74) is 1.18. The molecule has 9 heteroatoms. The van der Waals surface area contributed by atoms with Crippen molar-refractivity contribution in [3.05, 3.63) is 47.5 Å². The van der Waals surface area contributed by atoms with Crippen molar-refractivity contribution in [3.8, 4) is 0 Å². The molecule has 1 aliphatic carbocycles. The largest absolute Gasteiger partial charge is 0.376 e. The van der Waals surface area contributed by atoms with E-state index < -0.39 is 15.7 Å². The van der Waals surface area contributed by atoms with Gasteiger partial charge in [-0.1, -0.05) is 12.1 Å². The SMILES string of the molecule is CCN(Cc1cnc(S(=O)(=O)Cc2ccc(F)cc2)n1C[C@@H]1CCCO1)C(=O)C1CC1. The van der Waals surface area contributed by atoms with Gasteiger partial charge in [0.25, 0.3) is 0 Å². The molecule has 0 radical (unpaired) electrons. The number of carbonyl (C=O) groups is 1. The molecule has 31 heavy (non-hydrogen) atoms. The minimum absolute atomic E-state index is 0.0303. The average Bonchev–Trinajstić information content (AvgIpc) is 3.32. The van der Waals surface area contributed by atoms with E-state index in [-0.39, 0.29) is 28.8 Å². The lowest BCUT2D eigenvalue weighted by molar-refractivity contribution is -0.133. The van der Waals surface area contributed by atoms with E-state index in [2.05, 4.69) is 4.98 Å². The van der Waals surface area contributed by atoms with E-state index in [0.717, 1.165) is 25.7 Å². The van der Waals surface area contributed by atoms with Crippen molar-refractivity contribution >= 4 is 15.7 Å². The van der Waals surface area contributed by atoms with Crippen molar-refractivity contribution in [2.75, 3.05) is 13.2 Å². The first-order valence-electron chi connectivity index (χ1n) is 10.8. The van der Waals surface area contributed by atoms with Crippen LogP contribution in [0.25, 0.3) is 0 Å². The Morgan fingerprint density at radius 3 is 2.61 bits per heavy atom. The Hall–Kier alpha value is -2.26. The van der Waals surface area contributed by atoms with Crippen molar-refractivity contribution in [2.45, 2.75) is 62.7 Å². The fraction of sp³-hybridized carbons (Fsp3) is 0.545. The molecule has 1 aromatic heterocycles. The van der Waals surface area contributed by atoms with Gasteiger partial charge in [0.1, 0.15) is 5.82 Å². The van der Waals surface area contributed by atoms with E-state index in [1.54, 1.807) is 15.7 Å². The van der Waals surface area contributed by atoms with Gasteiger partial charge in [0, 0.05) is 19.1 Å². The molecule has 0 unspecified atom stereocenters. The van der Waals surface area contributed by atoms with Crippen molar-refractivity contribution in [1.82, 2.24) is 14.5 Å². The molecular weight excluding hydrogens is 421 g/mol. The van der Waals surface area contributed by atoms with Gasteiger partial charge in [-0.25, -0.2) is 17.8 Å². The summed E-state index contributed by atoms with van der Waals surface area (Å²) in [5, 5.41) is -0.0303. The summed E-state index contributed by atoms with van der Waals surface area (Å²) in [4.78, 5) is 18.6. The highest BCUT2D eigenvalue weighted by Crippen LogP contribution is 2.31. The van der Waals surface area contributed by atoms with Crippen LogP contribution in [-0.4, -0.2) is 48.0 Å². The van der Waals surface area contributed by atoms with Crippen LogP contribution in [0.5, 0.6) is 0 Å². The summed E-state index contributed by atoms with van der Waals surface area (Å²) in [6, 6.07) is 5.43. The molecule has 2 aromatic rings. The monoisotopic (exact) mass is 449 g/mol. The van der Waals surface area contributed by atoms with Crippen molar-refractivity contribution in [1.29, 1.82) is 0 Å². The van der Waals surface area contributed by atoms with E-state index in [9.17, 15) is 17.6 Å². The van der Waals surface area contributed by atoms with Gasteiger partial charge in [0.15, 0.2) is 0 Å². The first-order valence-corrected chi connectivity index (χ1v) is 12.4. The number of hydrogen-bond donors (Lipinski definition) is 0. The lowest BCUT2D eigenvalue weighted by Crippen LogP contribution is -2.33. The van der Waals surface area contributed by atoms with E-state index in [0.29, 0.717) is 37.5 Å². The third-order valence-corrected chi connectivity index (χ3v) is 7.43. The van der Waals surface area contributed by atoms with E-state index in [4.69, 9.17) is 4.74 Å². The second kappa shape index (κ2) is 9.08. The summed E-state index contributed by atoms with van der Waals surface area (Å²) in [6.45, 7) is 3.83. The maximum Gasteiger partial charge on any atom is 0.228 e. The minimum Gasteiger partial charge on any atom is -0.376 e. The van der Waals surface area contributed by atoms with Crippen LogP contribution in [0.4, 0.5) is 4.39 Å². The zero-order valence-electron chi connectivity index (χ0n) is 17.7. The zero-order valence-corrected chi connectivity index (χ0v) is 18.5. The fourth-order valence-corrected chi connectivity index (χ4v) is 5.45. The number of halogens is 1. The summed E-state index contributed by atoms with van der Waals surface area (Å²) in [6.07, 6.45) is 5.10. The molecule has 1 amide bonds. The predicted octanol–water partition coefficient (Wildman–Crippen LogP) is 2.93. The van der Waals surface area contributed by atoms with Gasteiger partial charge in [-0.2, -0.15) is 0 Å². The second-order valence-corrected chi connectivity index (χ2v) is 10.2. The average molecular weight is 450 g/mol. The molecule has 7 nitrogen and oxygen atoms in total. The second-order valence-electron chi connectivity index (χ2n) is 8.29. The van der Waals surface area contributed by atoms with Crippen LogP contribution in [0.15, 0.2) is 35.6 Å². The first-order chi connectivity index (χ1) is 14.9. The number of ether oxygens (including phenoxy) is 1. The van der Waals surface area contributed by atoms with Gasteiger partial charge in [-0.15, -0.1) is 0 Å². The van der Waals surface area contributed by atoms with Gasteiger partial charge < -0.3 is 14.2 Å². The molecule has 4 rings (SSSR count). The zero-order chi connectivity index (χ0) is 22.0. The standard InChI is InChI=1S/C22H28FN3O4S/c1-2-25(21(27)17-7-8-17)13-19-12-24-22(26(19)14-20-4-3-11-30-20)31(28,29)15-16-5-9-18(23)10-6-16/h5-6,9-10,12,17,20H,2-4,7-8,11,13-15H2,1H3/t20-/m0/s1. The van der Waals surface area contributed by atoms with Crippen LogP contribution in [0, 0.1) is 11.7 Å². The Balaban J connectivity index is 1.62. The molecule has 0 spiro atoms. The number of rotatable bonds is 9. The molecule has 1 saturated heterocycles. The van der Waals surface area contributed by atoms with Crippen LogP contribution in [-0.2, 0) is 38.2 Å². The van der Waals surface area contributed by atoms with E-state index >= 15 is 0 Å². The number of benzene rings is 1. The smallest absolute Gasteiger partial charge is 0.228 e. The van der Waals surface area contributed by atoms with Crippen LogP contribution >= 0.6 is 0 Å². The molecule has 1 aromatic carbocycles. The number of hydrogen-bond acceptors (Lipinski definition) is 5. The fourth-order valence-electron chi connectivity index (χ4n) is 3.95. The quantitative estimate of drug-likeness (QED) is 0.588. The van der Waals surface area contributed by atoms with Gasteiger partial charge in [0.05, 0.1) is 36.8 Å². The van der Waals surface area contributed by atoms with Crippen LogP contribution < -0.4 is 0 Å². The minimum atomic E-state index is -3.77. The Morgan fingerprint density at radius 2 is 2.00 bits per heavy atom. The number of sulfone groups is 1. The van der Waals surface area contributed by atoms with E-state index in [1.165, 1.54) is 24.3 Å². The molecule has 0 N–H and O–H groups in total. The van der Waals surface area contributed by atoms with Crippen LogP contribution in [0.1, 0.15) is 43.9 Å². The molecule has 1 aliphatic heterocycles. The topological polar surface area (TPSA) is 81.5 Å². The maximum atomic E-state index is 13.2. The normalized spacial score (nSPS) is 19.0. The number of carbonyl (C=O) groups excluding carboxylic acids is 1. The number of nitrogens with zero attached hydrogens (tertiary/aromatic N) is 3. The highest BCUT2D eigenvalue weighted by atomic mass is 32.2. The molecule has 0 bridgehead atoms. The third kappa shape index (κ3) is 5.15. The molecule has 2 aliphatic rings. The Kier molecular flexibility index (Phi) is 6.43. The Morgan fingerprint density at radius 1 is 1.26 bits per heavy atom. The Bertz CT molecular complexity index is 1030. The molecule has 168 valence electrons. The van der Waals surface area contributed by atoms with Gasteiger partial charge in [-0.05, 0) is 50.3 Å². The number of amides is 1. The number of imidazole rings is 1. The molecule has 1 saturated carbocycles. The van der Waals surface area contributed by atoms with Gasteiger partial charge in [0.2, 0.25) is 20.9 Å². The van der Waals surface area contributed by atoms with Crippen molar-refractivity contribution in [2.24, 2.45) is 5.92 Å². The lowest BCUT2D eigenvalue weighted by atomic mass is 10.2. The molecule has 2 heterocycles.